The second-order valence-electron chi connectivity index (χ2n) is 6.45. The number of hydrogen-bond donors (Lipinski definition) is 0. The standard InChI is InChI=1S/C22H19FN4/c1-3-16-5-11-19(12-6-16)25-26-22-21(17-7-9-18(23)10-8-17)24-20-13-4-15(2)14-27(20)22/h4-14H,3H2,1-2H3. The van der Waals surface area contributed by atoms with Crippen molar-refractivity contribution in [2.75, 3.05) is 0 Å². The van der Waals surface area contributed by atoms with Crippen molar-refractivity contribution in [3.8, 4) is 11.3 Å². The number of rotatable bonds is 4. The first-order chi connectivity index (χ1) is 13.1. The summed E-state index contributed by atoms with van der Waals surface area (Å²) in [5, 5.41) is 8.89. The van der Waals surface area contributed by atoms with Gasteiger partial charge in [-0.2, -0.15) is 0 Å². The van der Waals surface area contributed by atoms with Crippen LogP contribution in [0.1, 0.15) is 18.1 Å². The van der Waals surface area contributed by atoms with Crippen molar-refractivity contribution in [1.29, 1.82) is 0 Å². The predicted octanol–water partition coefficient (Wildman–Crippen LogP) is 6.43. The molecule has 4 nitrogen and oxygen atoms in total. The lowest BCUT2D eigenvalue weighted by Crippen LogP contribution is -1.85. The number of aryl methyl sites for hydroxylation is 2. The lowest BCUT2D eigenvalue weighted by molar-refractivity contribution is 0.628. The van der Waals surface area contributed by atoms with E-state index in [-0.39, 0.29) is 5.82 Å². The highest BCUT2D eigenvalue weighted by molar-refractivity contribution is 5.74. The molecule has 0 aliphatic rings. The topological polar surface area (TPSA) is 42.0 Å². The number of nitrogens with zero attached hydrogens (tertiary/aromatic N) is 4. The quantitative estimate of drug-likeness (QED) is 0.388. The molecule has 0 saturated carbocycles. The highest BCUT2D eigenvalue weighted by atomic mass is 19.1. The first-order valence-electron chi connectivity index (χ1n) is 8.89. The van der Waals surface area contributed by atoms with E-state index in [2.05, 4.69) is 22.1 Å². The molecule has 0 N–H and O–H groups in total. The van der Waals surface area contributed by atoms with Gasteiger partial charge in [0.15, 0.2) is 5.82 Å². The molecule has 0 fully saturated rings. The Morgan fingerprint density at radius 2 is 1.67 bits per heavy atom. The molecule has 0 radical (unpaired) electrons. The second-order valence-corrected chi connectivity index (χ2v) is 6.45. The Labute approximate surface area is 157 Å². The molecule has 0 amide bonds. The Bertz CT molecular complexity index is 1110. The SMILES string of the molecule is CCc1ccc(N=Nc2c(-c3ccc(F)cc3)nc3ccc(C)cn23)cc1. The van der Waals surface area contributed by atoms with Gasteiger partial charge in [-0.1, -0.05) is 25.1 Å². The van der Waals surface area contributed by atoms with Crippen molar-refractivity contribution in [2.24, 2.45) is 10.2 Å². The molecular formula is C22H19FN4. The first-order valence-corrected chi connectivity index (χ1v) is 8.89. The summed E-state index contributed by atoms with van der Waals surface area (Å²) < 4.78 is 15.2. The number of hydrogen-bond acceptors (Lipinski definition) is 3. The molecule has 0 atom stereocenters. The summed E-state index contributed by atoms with van der Waals surface area (Å²) in [7, 11) is 0. The van der Waals surface area contributed by atoms with Gasteiger partial charge in [0.25, 0.3) is 0 Å². The van der Waals surface area contributed by atoms with Gasteiger partial charge in [0.2, 0.25) is 0 Å². The van der Waals surface area contributed by atoms with E-state index in [9.17, 15) is 4.39 Å². The molecule has 0 aliphatic heterocycles. The minimum absolute atomic E-state index is 0.280. The van der Waals surface area contributed by atoms with Gasteiger partial charge in [0, 0.05) is 11.8 Å². The summed E-state index contributed by atoms with van der Waals surface area (Å²) in [6.07, 6.45) is 2.96. The summed E-state index contributed by atoms with van der Waals surface area (Å²) in [4.78, 5) is 4.68. The van der Waals surface area contributed by atoms with E-state index in [1.54, 1.807) is 12.1 Å². The zero-order valence-electron chi connectivity index (χ0n) is 15.2. The van der Waals surface area contributed by atoms with Gasteiger partial charge in [-0.3, -0.25) is 4.40 Å². The zero-order chi connectivity index (χ0) is 18.8. The van der Waals surface area contributed by atoms with Gasteiger partial charge in [0.1, 0.15) is 17.2 Å². The van der Waals surface area contributed by atoms with Crippen molar-refractivity contribution in [2.45, 2.75) is 20.3 Å². The van der Waals surface area contributed by atoms with Gasteiger partial charge in [-0.05, 0) is 66.9 Å². The normalized spacial score (nSPS) is 11.5. The second kappa shape index (κ2) is 7.11. The summed E-state index contributed by atoms with van der Waals surface area (Å²) >= 11 is 0. The molecule has 4 aromatic rings. The van der Waals surface area contributed by atoms with Gasteiger partial charge in [-0.15, -0.1) is 10.2 Å². The molecule has 27 heavy (non-hydrogen) atoms. The number of azo groups is 1. The average molecular weight is 358 g/mol. The Kier molecular flexibility index (Phi) is 4.50. The number of pyridine rings is 1. The summed E-state index contributed by atoms with van der Waals surface area (Å²) in [6.45, 7) is 4.13. The third-order valence-electron chi connectivity index (χ3n) is 4.46. The van der Waals surface area contributed by atoms with Crippen LogP contribution in [0.5, 0.6) is 0 Å². The minimum atomic E-state index is -0.280. The van der Waals surface area contributed by atoms with E-state index in [0.29, 0.717) is 11.5 Å². The highest BCUT2D eigenvalue weighted by Gasteiger charge is 2.14. The van der Waals surface area contributed by atoms with Crippen LogP contribution in [0.4, 0.5) is 15.9 Å². The first kappa shape index (κ1) is 17.1. The fourth-order valence-electron chi connectivity index (χ4n) is 2.94. The molecule has 2 aromatic heterocycles. The molecule has 0 unspecified atom stereocenters. The summed E-state index contributed by atoms with van der Waals surface area (Å²) in [6, 6.07) is 18.2. The van der Waals surface area contributed by atoms with Crippen LogP contribution in [0.2, 0.25) is 0 Å². The van der Waals surface area contributed by atoms with Crippen LogP contribution in [0.3, 0.4) is 0 Å². The lowest BCUT2D eigenvalue weighted by Gasteiger charge is -2.01. The maximum atomic E-state index is 13.3. The van der Waals surface area contributed by atoms with Gasteiger partial charge < -0.3 is 0 Å². The Morgan fingerprint density at radius 1 is 0.926 bits per heavy atom. The molecule has 4 rings (SSSR count). The van der Waals surface area contributed by atoms with E-state index in [4.69, 9.17) is 0 Å². The minimum Gasteiger partial charge on any atom is -0.282 e. The molecule has 0 saturated heterocycles. The van der Waals surface area contributed by atoms with E-state index in [1.165, 1.54) is 17.7 Å². The third kappa shape index (κ3) is 3.49. The molecule has 2 heterocycles. The highest BCUT2D eigenvalue weighted by Crippen LogP contribution is 2.32. The van der Waals surface area contributed by atoms with Crippen molar-refractivity contribution >= 4 is 17.2 Å². The van der Waals surface area contributed by atoms with Crippen molar-refractivity contribution in [1.82, 2.24) is 9.38 Å². The molecular weight excluding hydrogens is 339 g/mol. The monoisotopic (exact) mass is 358 g/mol. The van der Waals surface area contributed by atoms with Crippen LogP contribution in [-0.4, -0.2) is 9.38 Å². The van der Waals surface area contributed by atoms with Gasteiger partial charge in [0.05, 0.1) is 5.69 Å². The van der Waals surface area contributed by atoms with E-state index in [1.807, 2.05) is 53.9 Å². The fraction of sp³-hybridized carbons (Fsp3) is 0.136. The van der Waals surface area contributed by atoms with Gasteiger partial charge >= 0.3 is 0 Å². The maximum absolute atomic E-state index is 13.3. The molecule has 0 spiro atoms. The van der Waals surface area contributed by atoms with Crippen LogP contribution >= 0.6 is 0 Å². The van der Waals surface area contributed by atoms with Crippen molar-refractivity contribution in [3.05, 3.63) is 83.8 Å². The van der Waals surface area contributed by atoms with Crippen molar-refractivity contribution in [3.63, 3.8) is 0 Å². The lowest BCUT2D eigenvalue weighted by atomic mass is 10.1. The van der Waals surface area contributed by atoms with Crippen LogP contribution < -0.4 is 0 Å². The smallest absolute Gasteiger partial charge is 0.187 e. The Morgan fingerprint density at radius 3 is 2.37 bits per heavy atom. The fourth-order valence-corrected chi connectivity index (χ4v) is 2.94. The Balaban J connectivity index is 1.83. The molecule has 2 aromatic carbocycles. The third-order valence-corrected chi connectivity index (χ3v) is 4.46. The predicted molar refractivity (Wildman–Crippen MR) is 105 cm³/mol. The molecule has 0 aliphatic carbocycles. The van der Waals surface area contributed by atoms with E-state index >= 15 is 0 Å². The number of halogens is 1. The Hall–Kier alpha value is -3.34. The number of benzene rings is 2. The maximum Gasteiger partial charge on any atom is 0.187 e. The van der Waals surface area contributed by atoms with Crippen LogP contribution in [0.25, 0.3) is 16.9 Å². The van der Waals surface area contributed by atoms with Gasteiger partial charge in [-0.25, -0.2) is 9.37 Å². The number of aromatic nitrogens is 2. The number of imidazole rings is 1. The van der Waals surface area contributed by atoms with Crippen molar-refractivity contribution < 1.29 is 4.39 Å². The molecule has 5 heteroatoms. The largest absolute Gasteiger partial charge is 0.282 e. The number of fused-ring (bicyclic) bond motifs is 1. The zero-order valence-corrected chi connectivity index (χ0v) is 15.2. The summed E-state index contributed by atoms with van der Waals surface area (Å²) in [5.74, 6) is 0.345. The van der Waals surface area contributed by atoms with Crippen LogP contribution in [0.15, 0.2) is 77.1 Å². The summed E-state index contributed by atoms with van der Waals surface area (Å²) in [5.41, 5.74) is 5.37. The molecule has 134 valence electrons. The molecule has 0 bridgehead atoms. The average Bonchev–Trinajstić information content (AvgIpc) is 3.05. The van der Waals surface area contributed by atoms with E-state index < -0.39 is 0 Å². The van der Waals surface area contributed by atoms with Crippen LogP contribution in [0, 0.1) is 12.7 Å². The van der Waals surface area contributed by atoms with E-state index in [0.717, 1.165) is 28.9 Å². The van der Waals surface area contributed by atoms with Crippen LogP contribution in [-0.2, 0) is 6.42 Å².